The van der Waals surface area contributed by atoms with Crippen LogP contribution in [0.4, 0.5) is 0 Å². The predicted octanol–water partition coefficient (Wildman–Crippen LogP) is 13.7. The second-order valence-corrected chi connectivity index (χ2v) is 15.3. The molecule has 0 bridgehead atoms. The molecule has 0 aliphatic heterocycles. The number of rotatable bonds is 36. The zero-order chi connectivity index (χ0) is 35.5. The molecule has 49 heavy (non-hydrogen) atoms. The molecule has 0 fully saturated rings. The van der Waals surface area contributed by atoms with Crippen LogP contribution in [-0.4, -0.2) is 11.8 Å². The molecule has 2 amide bonds. The van der Waals surface area contributed by atoms with Crippen molar-refractivity contribution in [1.82, 2.24) is 10.6 Å². The number of hydrogen-bond acceptors (Lipinski definition) is 2. The minimum atomic E-state index is 0.0551. The summed E-state index contributed by atoms with van der Waals surface area (Å²) in [7, 11) is 0. The van der Waals surface area contributed by atoms with Gasteiger partial charge in [0.25, 0.3) is 0 Å². The van der Waals surface area contributed by atoms with Gasteiger partial charge in [0.05, 0.1) is 0 Å². The average molecular weight is 683 g/mol. The molecule has 0 aliphatic rings. The maximum atomic E-state index is 12.7. The number of carbonyl (C=O) groups is 2. The molecule has 2 N–H and O–H groups in total. The van der Waals surface area contributed by atoms with Crippen LogP contribution in [0.25, 0.3) is 0 Å². The lowest BCUT2D eigenvalue weighted by molar-refractivity contribution is -0.125. The van der Waals surface area contributed by atoms with E-state index in [4.69, 9.17) is 0 Å². The van der Waals surface area contributed by atoms with Gasteiger partial charge in [-0.15, -0.1) is 0 Å². The smallest absolute Gasteiger partial charge is 0.223 e. The summed E-state index contributed by atoms with van der Waals surface area (Å²) < 4.78 is 0. The zero-order valence-corrected chi connectivity index (χ0v) is 33.0. The zero-order valence-electron chi connectivity index (χ0n) is 33.0. The molecule has 0 saturated carbocycles. The van der Waals surface area contributed by atoms with E-state index in [0.29, 0.717) is 19.5 Å². The van der Waals surface area contributed by atoms with Gasteiger partial charge in [-0.05, 0) is 24.0 Å². The fourth-order valence-electron chi connectivity index (χ4n) is 6.94. The SMILES string of the molecule is CCCCCCCCCCCCCCCCCC(=O)NCc1cccc(CNC(=O)C(C)CCCCCCCCCCCCCCCC)c1. The first kappa shape index (κ1) is 45.2. The van der Waals surface area contributed by atoms with Crippen LogP contribution in [0.15, 0.2) is 24.3 Å². The van der Waals surface area contributed by atoms with Gasteiger partial charge < -0.3 is 10.6 Å². The molecule has 0 heterocycles. The molecule has 1 atom stereocenters. The van der Waals surface area contributed by atoms with Crippen molar-refractivity contribution in [2.24, 2.45) is 5.92 Å². The fraction of sp³-hybridized carbons (Fsp3) is 0.822. The fourth-order valence-corrected chi connectivity index (χ4v) is 6.94. The van der Waals surface area contributed by atoms with Crippen LogP contribution >= 0.6 is 0 Å². The highest BCUT2D eigenvalue weighted by Crippen LogP contribution is 2.16. The Bertz CT molecular complexity index is 885. The van der Waals surface area contributed by atoms with E-state index in [1.54, 1.807) is 0 Å². The molecule has 1 rings (SSSR count). The van der Waals surface area contributed by atoms with E-state index in [1.807, 2.05) is 6.07 Å². The van der Waals surface area contributed by atoms with Gasteiger partial charge in [0.2, 0.25) is 11.8 Å². The summed E-state index contributed by atoms with van der Waals surface area (Å²) in [4.78, 5) is 25.1. The Morgan fingerprint density at radius 3 is 1.24 bits per heavy atom. The number of hydrogen-bond donors (Lipinski definition) is 2. The Morgan fingerprint density at radius 2 is 0.837 bits per heavy atom. The normalized spacial score (nSPS) is 11.9. The van der Waals surface area contributed by atoms with Gasteiger partial charge in [-0.2, -0.15) is 0 Å². The van der Waals surface area contributed by atoms with Crippen LogP contribution in [0, 0.1) is 5.92 Å². The maximum Gasteiger partial charge on any atom is 0.223 e. The second kappa shape index (κ2) is 34.6. The molecular weight excluding hydrogens is 601 g/mol. The second-order valence-electron chi connectivity index (χ2n) is 15.3. The molecule has 0 spiro atoms. The van der Waals surface area contributed by atoms with Gasteiger partial charge in [0, 0.05) is 25.4 Å². The van der Waals surface area contributed by atoms with Crippen molar-refractivity contribution in [2.45, 2.75) is 233 Å². The molecule has 0 saturated heterocycles. The largest absolute Gasteiger partial charge is 0.352 e. The van der Waals surface area contributed by atoms with Crippen molar-refractivity contribution < 1.29 is 9.59 Å². The molecule has 1 aromatic carbocycles. The lowest BCUT2D eigenvalue weighted by Gasteiger charge is -2.13. The quantitative estimate of drug-likeness (QED) is 0.0692. The van der Waals surface area contributed by atoms with E-state index in [1.165, 1.54) is 167 Å². The van der Waals surface area contributed by atoms with Crippen LogP contribution in [-0.2, 0) is 22.7 Å². The number of amides is 2. The van der Waals surface area contributed by atoms with Crippen LogP contribution in [0.1, 0.15) is 231 Å². The van der Waals surface area contributed by atoms with Crippen LogP contribution in [0.2, 0.25) is 0 Å². The molecule has 4 nitrogen and oxygen atoms in total. The lowest BCUT2D eigenvalue weighted by atomic mass is 10.00. The summed E-state index contributed by atoms with van der Waals surface area (Å²) >= 11 is 0. The van der Waals surface area contributed by atoms with Gasteiger partial charge in [-0.3, -0.25) is 9.59 Å². The summed E-state index contributed by atoms with van der Waals surface area (Å²) in [6.45, 7) is 7.72. The van der Waals surface area contributed by atoms with E-state index in [0.717, 1.165) is 36.8 Å². The van der Waals surface area contributed by atoms with E-state index < -0.39 is 0 Å². The Labute approximate surface area is 305 Å². The van der Waals surface area contributed by atoms with Gasteiger partial charge in [0.1, 0.15) is 0 Å². The van der Waals surface area contributed by atoms with Crippen molar-refractivity contribution in [3.8, 4) is 0 Å². The van der Waals surface area contributed by atoms with Crippen molar-refractivity contribution in [2.75, 3.05) is 0 Å². The molecule has 0 aromatic heterocycles. The molecule has 1 unspecified atom stereocenters. The van der Waals surface area contributed by atoms with Crippen molar-refractivity contribution in [3.63, 3.8) is 0 Å². The molecular formula is C45H82N2O2. The Hall–Kier alpha value is -1.84. The summed E-state index contributed by atoms with van der Waals surface area (Å²) in [6.07, 6.45) is 40.7. The summed E-state index contributed by atoms with van der Waals surface area (Å²) in [6, 6.07) is 8.24. The van der Waals surface area contributed by atoms with Gasteiger partial charge in [-0.1, -0.05) is 225 Å². The van der Waals surface area contributed by atoms with Gasteiger partial charge >= 0.3 is 0 Å². The molecule has 1 aromatic rings. The monoisotopic (exact) mass is 683 g/mol. The maximum absolute atomic E-state index is 12.7. The molecule has 4 heteroatoms. The van der Waals surface area contributed by atoms with Gasteiger partial charge in [-0.25, -0.2) is 0 Å². The summed E-state index contributed by atoms with van der Waals surface area (Å²) in [5, 5.41) is 6.23. The summed E-state index contributed by atoms with van der Waals surface area (Å²) in [5.74, 6) is 0.349. The standard InChI is InChI=1S/C45H82N2O2/c1-4-6-8-10-12-14-16-18-20-22-24-26-28-30-32-37-44(48)46-39-42-35-33-36-43(38-42)40-47-45(49)41(3)34-31-29-27-25-23-21-19-17-15-13-11-9-7-5-2/h33,35-36,38,41H,4-32,34,37,39-40H2,1-3H3,(H,46,48)(H,47,49). The van der Waals surface area contributed by atoms with Crippen molar-refractivity contribution in [3.05, 3.63) is 35.4 Å². The van der Waals surface area contributed by atoms with Crippen LogP contribution in [0.5, 0.6) is 0 Å². The van der Waals surface area contributed by atoms with Crippen LogP contribution < -0.4 is 10.6 Å². The van der Waals surface area contributed by atoms with E-state index >= 15 is 0 Å². The first-order chi connectivity index (χ1) is 24.1. The van der Waals surface area contributed by atoms with E-state index in [2.05, 4.69) is 49.6 Å². The molecule has 284 valence electrons. The average Bonchev–Trinajstić information content (AvgIpc) is 3.11. The first-order valence-corrected chi connectivity index (χ1v) is 21.7. The highest BCUT2D eigenvalue weighted by Gasteiger charge is 2.12. The third kappa shape index (κ3) is 29.6. The number of benzene rings is 1. The first-order valence-electron chi connectivity index (χ1n) is 21.7. The third-order valence-electron chi connectivity index (χ3n) is 10.4. The highest BCUT2D eigenvalue weighted by molar-refractivity contribution is 5.78. The summed E-state index contributed by atoms with van der Waals surface area (Å²) in [5.41, 5.74) is 2.18. The predicted molar refractivity (Wildman–Crippen MR) is 214 cm³/mol. The van der Waals surface area contributed by atoms with Crippen LogP contribution in [0.3, 0.4) is 0 Å². The van der Waals surface area contributed by atoms with Gasteiger partial charge in [0.15, 0.2) is 0 Å². The Morgan fingerprint density at radius 1 is 0.490 bits per heavy atom. The minimum absolute atomic E-state index is 0.0551. The third-order valence-corrected chi connectivity index (χ3v) is 10.4. The Balaban J connectivity index is 2.00. The highest BCUT2D eigenvalue weighted by atomic mass is 16.2. The molecule has 0 aliphatic carbocycles. The Kier molecular flexibility index (Phi) is 31.9. The number of nitrogens with one attached hydrogen (secondary N) is 2. The minimum Gasteiger partial charge on any atom is -0.352 e. The topological polar surface area (TPSA) is 58.2 Å². The molecule has 0 radical (unpaired) electrons. The van der Waals surface area contributed by atoms with E-state index in [9.17, 15) is 9.59 Å². The number of carbonyl (C=O) groups excluding carboxylic acids is 2. The van der Waals surface area contributed by atoms with Crippen molar-refractivity contribution in [1.29, 1.82) is 0 Å². The van der Waals surface area contributed by atoms with Crippen molar-refractivity contribution >= 4 is 11.8 Å². The number of unbranched alkanes of at least 4 members (excludes halogenated alkanes) is 27. The lowest BCUT2D eigenvalue weighted by Crippen LogP contribution is -2.28. The van der Waals surface area contributed by atoms with E-state index in [-0.39, 0.29) is 17.7 Å².